The average Bonchev–Trinajstić information content (AvgIpc) is 3.10. The van der Waals surface area contributed by atoms with Crippen molar-refractivity contribution in [2.75, 3.05) is 5.43 Å². The van der Waals surface area contributed by atoms with Gasteiger partial charge >= 0.3 is 0 Å². The zero-order valence-electron chi connectivity index (χ0n) is 11.0. The molecule has 2 N–H and O–H groups in total. The van der Waals surface area contributed by atoms with Crippen molar-refractivity contribution in [2.45, 2.75) is 0 Å². The van der Waals surface area contributed by atoms with Crippen LogP contribution in [-0.2, 0) is 0 Å². The molecule has 9 heteroatoms. The van der Waals surface area contributed by atoms with Crippen LogP contribution in [0, 0.1) is 0 Å². The van der Waals surface area contributed by atoms with E-state index in [0.29, 0.717) is 10.2 Å². The molecule has 0 amide bonds. The minimum absolute atomic E-state index is 0. The van der Waals surface area contributed by atoms with Gasteiger partial charge in [-0.2, -0.15) is 10.2 Å². The van der Waals surface area contributed by atoms with Gasteiger partial charge in [-0.15, -0.1) is 28.3 Å². The Bertz CT molecular complexity index is 769. The summed E-state index contributed by atoms with van der Waals surface area (Å²) in [7, 11) is 0. The lowest BCUT2D eigenvalue weighted by Crippen LogP contribution is -1.91. The van der Waals surface area contributed by atoms with E-state index in [0.717, 1.165) is 21.4 Å². The van der Waals surface area contributed by atoms with Gasteiger partial charge in [0, 0.05) is 16.0 Å². The van der Waals surface area contributed by atoms with E-state index >= 15 is 0 Å². The zero-order valence-corrected chi connectivity index (χ0v) is 15.8. The number of benzene rings is 1. The zero-order chi connectivity index (χ0) is 14.7. The summed E-state index contributed by atoms with van der Waals surface area (Å²) in [5, 5.41) is 14.2. The lowest BCUT2D eigenvalue weighted by Gasteiger charge is -1.96. The number of rotatable bonds is 4. The maximum absolute atomic E-state index is 5.87. The average molecular weight is 464 g/mol. The third-order valence-electron chi connectivity index (χ3n) is 2.62. The molecule has 0 radical (unpaired) electrons. The first-order valence-corrected chi connectivity index (χ1v) is 7.97. The normalized spacial score (nSPS) is 10.6. The molecular weight excluding hydrogens is 454 g/mol. The van der Waals surface area contributed by atoms with Crippen LogP contribution >= 0.6 is 55.8 Å². The molecule has 0 unspecified atom stereocenters. The molecule has 0 aliphatic heterocycles. The van der Waals surface area contributed by atoms with Crippen molar-refractivity contribution in [2.24, 2.45) is 5.10 Å². The Balaban J connectivity index is 0.00000176. The van der Waals surface area contributed by atoms with Gasteiger partial charge in [-0.1, -0.05) is 23.7 Å². The summed E-state index contributed by atoms with van der Waals surface area (Å²) in [6.45, 7) is 0. The molecule has 0 saturated heterocycles. The molecule has 0 atom stereocenters. The minimum atomic E-state index is 0. The van der Waals surface area contributed by atoms with Gasteiger partial charge in [-0.3, -0.25) is 10.5 Å². The minimum Gasteiger partial charge on any atom is -0.276 e. The van der Waals surface area contributed by atoms with Crippen LogP contribution in [0.25, 0.3) is 11.3 Å². The molecule has 0 aliphatic rings. The van der Waals surface area contributed by atoms with E-state index < -0.39 is 0 Å². The number of H-pyrrole nitrogens is 1. The summed E-state index contributed by atoms with van der Waals surface area (Å²) < 4.78 is 0.856. The number of aromatic amines is 1. The van der Waals surface area contributed by atoms with Crippen molar-refractivity contribution < 1.29 is 0 Å². The van der Waals surface area contributed by atoms with Crippen molar-refractivity contribution in [1.82, 2.24) is 15.2 Å². The molecule has 114 valence electrons. The lowest BCUT2D eigenvalue weighted by atomic mass is 10.2. The molecule has 0 saturated carbocycles. The van der Waals surface area contributed by atoms with Crippen LogP contribution in [0.4, 0.5) is 5.13 Å². The third kappa shape index (κ3) is 4.16. The predicted octanol–water partition coefficient (Wildman–Crippen LogP) is 4.97. The van der Waals surface area contributed by atoms with E-state index in [1.165, 1.54) is 11.3 Å². The fraction of sp³-hybridized carbons (Fsp3) is 0. The largest absolute Gasteiger partial charge is 0.276 e. The molecule has 2 heterocycles. The molecule has 22 heavy (non-hydrogen) atoms. The Morgan fingerprint density at radius 3 is 2.77 bits per heavy atom. The lowest BCUT2D eigenvalue weighted by molar-refractivity contribution is 1.08. The summed E-state index contributed by atoms with van der Waals surface area (Å²) >= 11 is 10.7. The van der Waals surface area contributed by atoms with Crippen molar-refractivity contribution in [3.8, 4) is 11.3 Å². The van der Waals surface area contributed by atoms with Gasteiger partial charge in [0.2, 0.25) is 5.13 Å². The molecule has 0 aliphatic carbocycles. The highest BCUT2D eigenvalue weighted by molar-refractivity contribution is 9.10. The summed E-state index contributed by atoms with van der Waals surface area (Å²) in [6, 6.07) is 7.56. The maximum atomic E-state index is 5.87. The van der Waals surface area contributed by atoms with Crippen LogP contribution in [0.5, 0.6) is 0 Å². The highest BCUT2D eigenvalue weighted by Gasteiger charge is 2.04. The van der Waals surface area contributed by atoms with Crippen LogP contribution in [0.1, 0.15) is 5.69 Å². The van der Waals surface area contributed by atoms with Gasteiger partial charge in [0.05, 0.1) is 28.3 Å². The maximum Gasteiger partial charge on any atom is 0.203 e. The number of thiazole rings is 1. The molecule has 0 bridgehead atoms. The van der Waals surface area contributed by atoms with Gasteiger partial charge in [-0.25, -0.2) is 4.98 Å². The van der Waals surface area contributed by atoms with Gasteiger partial charge < -0.3 is 0 Å². The molecule has 0 fully saturated rings. The Labute approximate surface area is 154 Å². The topological polar surface area (TPSA) is 66.0 Å². The Kier molecular flexibility index (Phi) is 6.13. The quantitative estimate of drug-likeness (QED) is 0.424. The number of hydrogen-bond donors (Lipinski definition) is 2. The second-order valence-corrected chi connectivity index (χ2v) is 6.20. The van der Waals surface area contributed by atoms with Crippen LogP contribution in [0.2, 0.25) is 5.02 Å². The van der Waals surface area contributed by atoms with E-state index in [1.807, 2.05) is 29.6 Å². The summed E-state index contributed by atoms with van der Waals surface area (Å²) in [5.74, 6) is 0. The first-order valence-electron chi connectivity index (χ1n) is 5.92. The van der Waals surface area contributed by atoms with E-state index in [1.54, 1.807) is 12.4 Å². The number of hydrazone groups is 1. The van der Waals surface area contributed by atoms with Crippen molar-refractivity contribution in [3.05, 3.63) is 51.0 Å². The Morgan fingerprint density at radius 1 is 1.32 bits per heavy atom. The molecule has 3 rings (SSSR count). The van der Waals surface area contributed by atoms with Gasteiger partial charge in [0.25, 0.3) is 0 Å². The smallest absolute Gasteiger partial charge is 0.203 e. The summed E-state index contributed by atoms with van der Waals surface area (Å²) in [4.78, 5) is 4.46. The van der Waals surface area contributed by atoms with Crippen LogP contribution in [0.15, 0.2) is 45.4 Å². The van der Waals surface area contributed by atoms with Crippen LogP contribution in [0.3, 0.4) is 0 Å². The number of hydrogen-bond acceptors (Lipinski definition) is 5. The second-order valence-electron chi connectivity index (χ2n) is 4.05. The Hall–Kier alpha value is -1.22. The Morgan fingerprint density at radius 2 is 2.09 bits per heavy atom. The van der Waals surface area contributed by atoms with Crippen molar-refractivity contribution in [1.29, 1.82) is 0 Å². The molecular formula is C13H10Br2ClN5S. The van der Waals surface area contributed by atoms with E-state index in [9.17, 15) is 0 Å². The predicted molar refractivity (Wildman–Crippen MR) is 100 cm³/mol. The first-order chi connectivity index (χ1) is 10.2. The third-order valence-corrected chi connectivity index (χ3v) is 4.25. The van der Waals surface area contributed by atoms with Gasteiger partial charge in [-0.05, 0) is 28.1 Å². The fourth-order valence-corrected chi connectivity index (χ4v) is 2.69. The standard InChI is InChI=1S/C13H9BrClN5S.BrH/c14-10-5-16-19-11(10)6-17-20-13-18-12(7-21-13)8-1-3-9(15)4-2-8;/h1-7H,(H,16,19)(H,18,20);1H/b17-6-;. The monoisotopic (exact) mass is 461 g/mol. The van der Waals surface area contributed by atoms with E-state index in [2.05, 4.69) is 41.6 Å². The molecule has 5 nitrogen and oxygen atoms in total. The second kappa shape index (κ2) is 7.87. The molecule has 1 aromatic carbocycles. The first kappa shape index (κ1) is 17.1. The summed E-state index contributed by atoms with van der Waals surface area (Å²) in [5.41, 5.74) is 5.59. The van der Waals surface area contributed by atoms with Gasteiger partial charge in [0.1, 0.15) is 0 Å². The number of halogens is 3. The van der Waals surface area contributed by atoms with E-state index in [-0.39, 0.29) is 17.0 Å². The van der Waals surface area contributed by atoms with Crippen molar-refractivity contribution in [3.63, 3.8) is 0 Å². The highest BCUT2D eigenvalue weighted by atomic mass is 79.9. The fourth-order valence-electron chi connectivity index (χ4n) is 1.60. The van der Waals surface area contributed by atoms with Crippen LogP contribution < -0.4 is 5.43 Å². The van der Waals surface area contributed by atoms with Crippen molar-refractivity contribution >= 4 is 67.2 Å². The molecule has 3 aromatic rings. The number of anilines is 1. The molecule has 2 aromatic heterocycles. The highest BCUT2D eigenvalue weighted by Crippen LogP contribution is 2.25. The van der Waals surface area contributed by atoms with Crippen LogP contribution in [-0.4, -0.2) is 21.4 Å². The van der Waals surface area contributed by atoms with E-state index in [4.69, 9.17) is 11.6 Å². The summed E-state index contributed by atoms with van der Waals surface area (Å²) in [6.07, 6.45) is 3.31. The van der Waals surface area contributed by atoms with Gasteiger partial charge in [0.15, 0.2) is 0 Å². The SMILES string of the molecule is Br.Clc1ccc(-c2csc(N/N=C\c3[nH]ncc3Br)n2)cc1. The molecule has 0 spiro atoms. The number of nitrogens with one attached hydrogen (secondary N) is 2. The number of aromatic nitrogens is 3. The number of nitrogens with zero attached hydrogens (tertiary/aromatic N) is 3.